The average molecular weight is 196 g/mol. The van der Waals surface area contributed by atoms with Crippen molar-refractivity contribution >= 4 is 17.5 Å². The third-order valence-electron chi connectivity index (χ3n) is 0.712. The molecule has 0 aromatic rings. The van der Waals surface area contributed by atoms with Crippen LogP contribution in [0.3, 0.4) is 0 Å². The summed E-state index contributed by atoms with van der Waals surface area (Å²) in [6.07, 6.45) is 0. The Balaban J connectivity index is -0.000000175. The summed E-state index contributed by atoms with van der Waals surface area (Å²) < 4.78 is 0. The standard InChI is InChI=1S/C5H10ClNO.2C2H6/c1-3-7-5(8)4(2)6;2*1-2/h4H,3H2,1-2H3,(H,7,8);2*1-2H3. The largest absolute Gasteiger partial charge is 0.355 e. The summed E-state index contributed by atoms with van der Waals surface area (Å²) in [4.78, 5) is 10.5. The molecule has 0 aromatic heterocycles. The van der Waals surface area contributed by atoms with Gasteiger partial charge in [0.2, 0.25) is 5.91 Å². The second kappa shape index (κ2) is 17.0. The SMILES string of the molecule is CC.CC.CCNC(=O)C(C)Cl. The van der Waals surface area contributed by atoms with Crippen molar-refractivity contribution in [3.8, 4) is 0 Å². The van der Waals surface area contributed by atoms with Crippen LogP contribution in [0.2, 0.25) is 0 Å². The molecule has 0 heterocycles. The molecule has 0 bridgehead atoms. The lowest BCUT2D eigenvalue weighted by Crippen LogP contribution is -2.28. The van der Waals surface area contributed by atoms with E-state index < -0.39 is 5.38 Å². The van der Waals surface area contributed by atoms with Gasteiger partial charge < -0.3 is 5.32 Å². The molecule has 0 saturated heterocycles. The first-order chi connectivity index (χ1) is 5.68. The molecule has 0 aromatic carbocycles. The van der Waals surface area contributed by atoms with Gasteiger partial charge in [0, 0.05) is 6.54 Å². The Morgan fingerprint density at radius 3 is 1.75 bits per heavy atom. The van der Waals surface area contributed by atoms with E-state index in [0.29, 0.717) is 6.54 Å². The molecule has 2 nitrogen and oxygen atoms in total. The third-order valence-corrected chi connectivity index (χ3v) is 0.910. The van der Waals surface area contributed by atoms with E-state index in [1.807, 2.05) is 34.6 Å². The van der Waals surface area contributed by atoms with Gasteiger partial charge in [-0.3, -0.25) is 4.79 Å². The Bertz CT molecular complexity index is 84.6. The molecule has 0 radical (unpaired) electrons. The van der Waals surface area contributed by atoms with Crippen molar-refractivity contribution in [1.29, 1.82) is 0 Å². The highest BCUT2D eigenvalue weighted by molar-refractivity contribution is 6.30. The fourth-order valence-electron chi connectivity index (χ4n) is 0.315. The molecule has 0 aliphatic rings. The van der Waals surface area contributed by atoms with Gasteiger partial charge in [-0.25, -0.2) is 0 Å². The topological polar surface area (TPSA) is 29.1 Å². The quantitative estimate of drug-likeness (QED) is 0.675. The number of hydrogen-bond donors (Lipinski definition) is 1. The smallest absolute Gasteiger partial charge is 0.237 e. The minimum atomic E-state index is -0.407. The molecule has 0 saturated carbocycles. The van der Waals surface area contributed by atoms with Crippen LogP contribution in [0.15, 0.2) is 0 Å². The van der Waals surface area contributed by atoms with E-state index in [2.05, 4.69) is 5.32 Å². The Morgan fingerprint density at radius 2 is 1.67 bits per heavy atom. The molecule has 1 amide bonds. The van der Waals surface area contributed by atoms with Crippen LogP contribution in [-0.4, -0.2) is 17.8 Å². The molecule has 0 spiro atoms. The maximum atomic E-state index is 10.5. The summed E-state index contributed by atoms with van der Waals surface area (Å²) in [5.41, 5.74) is 0. The summed E-state index contributed by atoms with van der Waals surface area (Å²) in [5.74, 6) is -0.103. The first kappa shape index (κ1) is 17.7. The number of carbonyl (C=O) groups excluding carboxylic acids is 1. The molecular weight excluding hydrogens is 174 g/mol. The fraction of sp³-hybridized carbons (Fsp3) is 0.889. The van der Waals surface area contributed by atoms with Gasteiger partial charge in [-0.1, -0.05) is 27.7 Å². The minimum absolute atomic E-state index is 0.103. The predicted molar refractivity (Wildman–Crippen MR) is 56.7 cm³/mol. The number of alkyl halides is 1. The van der Waals surface area contributed by atoms with E-state index in [0.717, 1.165) is 0 Å². The van der Waals surface area contributed by atoms with E-state index in [1.165, 1.54) is 0 Å². The summed E-state index contributed by atoms with van der Waals surface area (Å²) in [7, 11) is 0. The van der Waals surface area contributed by atoms with Crippen molar-refractivity contribution in [2.24, 2.45) is 0 Å². The van der Waals surface area contributed by atoms with Crippen molar-refractivity contribution in [3.63, 3.8) is 0 Å². The van der Waals surface area contributed by atoms with Gasteiger partial charge >= 0.3 is 0 Å². The molecule has 0 fully saturated rings. The average Bonchev–Trinajstić information content (AvgIpc) is 2.12. The van der Waals surface area contributed by atoms with Gasteiger partial charge in [0.1, 0.15) is 5.38 Å². The van der Waals surface area contributed by atoms with Crippen LogP contribution in [0.25, 0.3) is 0 Å². The summed E-state index contributed by atoms with van der Waals surface area (Å²) in [5, 5.41) is 2.17. The molecule has 1 atom stereocenters. The Hall–Kier alpha value is -0.240. The first-order valence-corrected chi connectivity index (χ1v) is 5.04. The maximum absolute atomic E-state index is 10.5. The second-order valence-electron chi connectivity index (χ2n) is 1.51. The van der Waals surface area contributed by atoms with Crippen molar-refractivity contribution in [2.75, 3.05) is 6.54 Å². The molecule has 1 N–H and O–H groups in total. The van der Waals surface area contributed by atoms with E-state index in [4.69, 9.17) is 11.6 Å². The van der Waals surface area contributed by atoms with E-state index in [1.54, 1.807) is 6.92 Å². The summed E-state index contributed by atoms with van der Waals surface area (Å²) in [6.45, 7) is 12.2. The Labute approximate surface area is 81.7 Å². The van der Waals surface area contributed by atoms with Gasteiger partial charge in [-0.2, -0.15) is 0 Å². The maximum Gasteiger partial charge on any atom is 0.237 e. The number of halogens is 1. The van der Waals surface area contributed by atoms with Crippen LogP contribution in [0, 0.1) is 0 Å². The first-order valence-electron chi connectivity index (χ1n) is 4.60. The molecule has 0 rings (SSSR count). The number of carbonyl (C=O) groups is 1. The highest BCUT2D eigenvalue weighted by Gasteiger charge is 2.04. The normalized spacial score (nSPS) is 9.58. The second-order valence-corrected chi connectivity index (χ2v) is 2.17. The van der Waals surface area contributed by atoms with Gasteiger partial charge in [0.05, 0.1) is 0 Å². The highest BCUT2D eigenvalue weighted by Crippen LogP contribution is 1.90. The molecule has 0 aliphatic carbocycles. The van der Waals surface area contributed by atoms with E-state index >= 15 is 0 Å². The summed E-state index contributed by atoms with van der Waals surface area (Å²) in [6, 6.07) is 0. The number of amides is 1. The third kappa shape index (κ3) is 16.4. The van der Waals surface area contributed by atoms with Gasteiger partial charge in [0.15, 0.2) is 0 Å². The molecule has 12 heavy (non-hydrogen) atoms. The lowest BCUT2D eigenvalue weighted by Gasteiger charge is -2.00. The van der Waals surface area contributed by atoms with Gasteiger partial charge in [-0.05, 0) is 13.8 Å². The summed E-state index contributed by atoms with van der Waals surface area (Å²) >= 11 is 5.39. The lowest BCUT2D eigenvalue weighted by molar-refractivity contribution is -0.120. The van der Waals surface area contributed by atoms with Crippen LogP contribution in [0.4, 0.5) is 0 Å². The Morgan fingerprint density at radius 1 is 1.33 bits per heavy atom. The molecule has 1 unspecified atom stereocenters. The predicted octanol–water partition coefficient (Wildman–Crippen LogP) is 2.80. The van der Waals surface area contributed by atoms with Crippen LogP contribution < -0.4 is 5.32 Å². The monoisotopic (exact) mass is 195 g/mol. The van der Waals surface area contributed by atoms with Crippen molar-refractivity contribution < 1.29 is 4.79 Å². The fourth-order valence-corrected chi connectivity index (χ4v) is 0.392. The van der Waals surface area contributed by atoms with Crippen LogP contribution >= 0.6 is 11.6 Å². The zero-order valence-corrected chi connectivity index (χ0v) is 9.83. The van der Waals surface area contributed by atoms with E-state index in [-0.39, 0.29) is 5.91 Å². The van der Waals surface area contributed by atoms with E-state index in [9.17, 15) is 4.79 Å². The number of hydrogen-bond acceptors (Lipinski definition) is 1. The lowest BCUT2D eigenvalue weighted by atomic mass is 10.4. The van der Waals surface area contributed by atoms with Gasteiger partial charge in [0.25, 0.3) is 0 Å². The van der Waals surface area contributed by atoms with Crippen molar-refractivity contribution in [3.05, 3.63) is 0 Å². The Kier molecular flexibility index (Phi) is 25.2. The zero-order valence-electron chi connectivity index (χ0n) is 9.07. The van der Waals surface area contributed by atoms with Gasteiger partial charge in [-0.15, -0.1) is 11.6 Å². The molecule has 76 valence electrons. The van der Waals surface area contributed by atoms with Crippen LogP contribution in [0.1, 0.15) is 41.5 Å². The van der Waals surface area contributed by atoms with Crippen molar-refractivity contribution in [2.45, 2.75) is 46.9 Å². The van der Waals surface area contributed by atoms with Crippen LogP contribution in [-0.2, 0) is 4.79 Å². The minimum Gasteiger partial charge on any atom is -0.355 e. The number of rotatable bonds is 2. The van der Waals surface area contributed by atoms with Crippen molar-refractivity contribution in [1.82, 2.24) is 5.32 Å². The molecule has 3 heteroatoms. The number of nitrogens with one attached hydrogen (secondary N) is 1. The molecule has 0 aliphatic heterocycles. The highest BCUT2D eigenvalue weighted by atomic mass is 35.5. The molecular formula is C9H22ClNO. The zero-order chi connectivity index (χ0) is 10.6. The van der Waals surface area contributed by atoms with Crippen LogP contribution in [0.5, 0.6) is 0 Å².